The molecule has 0 bridgehead atoms. The van der Waals surface area contributed by atoms with Crippen LogP contribution in [0.3, 0.4) is 0 Å². The van der Waals surface area contributed by atoms with Crippen LogP contribution in [0.25, 0.3) is 0 Å². The summed E-state index contributed by atoms with van der Waals surface area (Å²) in [6.45, 7) is 3.77. The summed E-state index contributed by atoms with van der Waals surface area (Å²) in [5, 5.41) is 12.1. The summed E-state index contributed by atoms with van der Waals surface area (Å²) in [5.74, 6) is -0.187. The van der Waals surface area contributed by atoms with Gasteiger partial charge in [0.2, 0.25) is 0 Å². The van der Waals surface area contributed by atoms with E-state index in [-0.39, 0.29) is 11.4 Å². The second kappa shape index (κ2) is 4.83. The first-order chi connectivity index (χ1) is 8.56. The molecule has 0 saturated heterocycles. The molecule has 18 heavy (non-hydrogen) atoms. The van der Waals surface area contributed by atoms with Crippen molar-refractivity contribution in [3.63, 3.8) is 0 Å². The molecule has 0 saturated carbocycles. The number of hydrogen-bond acceptors (Lipinski definition) is 4. The molecule has 5 heteroatoms. The molecule has 0 fully saturated rings. The summed E-state index contributed by atoms with van der Waals surface area (Å²) in [6.07, 6.45) is 1.45. The fourth-order valence-corrected chi connectivity index (χ4v) is 1.65. The lowest BCUT2D eigenvalue weighted by atomic mass is 10.2. The number of amides is 1. The minimum atomic E-state index is -0.481. The molecule has 0 aliphatic carbocycles. The first-order valence-electron chi connectivity index (χ1n) is 5.47. The van der Waals surface area contributed by atoms with Gasteiger partial charge >= 0.3 is 0 Å². The molecule has 1 amide bonds. The first-order valence-corrected chi connectivity index (χ1v) is 5.47. The van der Waals surface area contributed by atoms with Crippen LogP contribution < -0.4 is 5.32 Å². The number of aryl methyl sites for hydroxylation is 2. The average Bonchev–Trinajstić information content (AvgIpc) is 2.27. The molecule has 0 radical (unpaired) electrons. The maximum absolute atomic E-state index is 11.9. The van der Waals surface area contributed by atoms with Crippen molar-refractivity contribution in [2.24, 2.45) is 0 Å². The van der Waals surface area contributed by atoms with E-state index in [1.165, 1.54) is 12.3 Å². The molecular weight excluding hydrogens is 230 g/mol. The minimum absolute atomic E-state index is 0.0153. The lowest BCUT2D eigenvalue weighted by Gasteiger charge is -2.06. The number of carbonyl (C=O) groups is 1. The highest BCUT2D eigenvalue weighted by molar-refractivity contribution is 6.04. The largest absolute Gasteiger partial charge is 0.505 e. The smallest absolute Gasteiger partial charge is 0.279 e. The van der Waals surface area contributed by atoms with Crippen molar-refractivity contribution in [2.75, 3.05) is 5.32 Å². The summed E-state index contributed by atoms with van der Waals surface area (Å²) < 4.78 is 0. The Bertz CT molecular complexity index is 576. The Hall–Kier alpha value is -2.43. The number of nitrogens with one attached hydrogen (secondary N) is 1. The van der Waals surface area contributed by atoms with Gasteiger partial charge in [0.25, 0.3) is 5.91 Å². The lowest BCUT2D eigenvalue weighted by Crippen LogP contribution is -2.15. The van der Waals surface area contributed by atoms with E-state index in [2.05, 4.69) is 15.3 Å². The fourth-order valence-electron chi connectivity index (χ4n) is 1.65. The second-order valence-corrected chi connectivity index (χ2v) is 4.00. The minimum Gasteiger partial charge on any atom is -0.505 e. The molecule has 0 aromatic carbocycles. The third-order valence-electron chi connectivity index (χ3n) is 2.34. The fraction of sp³-hybridized carbons (Fsp3) is 0.154. The molecule has 2 aromatic rings. The number of nitrogens with zero attached hydrogens (tertiary/aromatic N) is 2. The molecule has 0 unspecified atom stereocenters. The predicted molar refractivity (Wildman–Crippen MR) is 67.6 cm³/mol. The molecule has 2 aromatic heterocycles. The van der Waals surface area contributed by atoms with Gasteiger partial charge in [-0.15, -0.1) is 0 Å². The van der Waals surface area contributed by atoms with Gasteiger partial charge < -0.3 is 10.4 Å². The third-order valence-corrected chi connectivity index (χ3v) is 2.34. The van der Waals surface area contributed by atoms with Gasteiger partial charge in [0, 0.05) is 11.9 Å². The summed E-state index contributed by atoms with van der Waals surface area (Å²) in [6, 6.07) is 6.64. The van der Waals surface area contributed by atoms with Crippen molar-refractivity contribution in [3.05, 3.63) is 47.4 Å². The quantitative estimate of drug-likeness (QED) is 0.846. The zero-order valence-corrected chi connectivity index (χ0v) is 10.1. The van der Waals surface area contributed by atoms with E-state index >= 15 is 0 Å². The highest BCUT2D eigenvalue weighted by Gasteiger charge is 2.12. The van der Waals surface area contributed by atoms with Gasteiger partial charge in [0.1, 0.15) is 11.6 Å². The van der Waals surface area contributed by atoms with Gasteiger partial charge in [-0.3, -0.25) is 4.79 Å². The average molecular weight is 243 g/mol. The number of hydrogen-bond donors (Lipinski definition) is 2. The van der Waals surface area contributed by atoms with Crippen LogP contribution in [-0.2, 0) is 0 Å². The van der Waals surface area contributed by atoms with Crippen LogP contribution in [0, 0.1) is 13.8 Å². The van der Waals surface area contributed by atoms with Crippen molar-refractivity contribution >= 4 is 11.7 Å². The van der Waals surface area contributed by atoms with E-state index in [4.69, 9.17) is 0 Å². The summed E-state index contributed by atoms with van der Waals surface area (Å²) in [4.78, 5) is 19.9. The zero-order chi connectivity index (χ0) is 13.1. The second-order valence-electron chi connectivity index (χ2n) is 4.00. The number of carbonyl (C=O) groups excluding carboxylic acids is 1. The van der Waals surface area contributed by atoms with Crippen molar-refractivity contribution in [1.82, 2.24) is 9.97 Å². The number of anilines is 1. The molecule has 2 heterocycles. The van der Waals surface area contributed by atoms with Gasteiger partial charge in [-0.25, -0.2) is 9.97 Å². The zero-order valence-electron chi connectivity index (χ0n) is 10.1. The Morgan fingerprint density at radius 2 is 2.11 bits per heavy atom. The monoisotopic (exact) mass is 243 g/mol. The van der Waals surface area contributed by atoms with E-state index in [1.54, 1.807) is 12.1 Å². The maximum atomic E-state index is 11.9. The van der Waals surface area contributed by atoms with E-state index in [1.807, 2.05) is 19.9 Å². The Labute approximate surface area is 105 Å². The molecule has 2 rings (SSSR count). The van der Waals surface area contributed by atoms with Crippen LogP contribution in [0.1, 0.15) is 21.7 Å². The van der Waals surface area contributed by atoms with Crippen LogP contribution in [0.15, 0.2) is 30.5 Å². The summed E-state index contributed by atoms with van der Waals surface area (Å²) >= 11 is 0. The Morgan fingerprint density at radius 1 is 1.33 bits per heavy atom. The number of rotatable bonds is 2. The van der Waals surface area contributed by atoms with Crippen molar-refractivity contribution in [3.8, 4) is 5.75 Å². The normalized spacial score (nSPS) is 10.1. The standard InChI is InChI=1S/C13H13N3O2/c1-8-6-9(2)15-11(7-8)16-13(18)12-10(17)4-3-5-14-12/h3-7,17H,1-2H3,(H,15,16,18). The van der Waals surface area contributed by atoms with Gasteiger partial charge in [-0.2, -0.15) is 0 Å². The van der Waals surface area contributed by atoms with Gasteiger partial charge in [-0.1, -0.05) is 0 Å². The Morgan fingerprint density at radius 3 is 2.78 bits per heavy atom. The highest BCUT2D eigenvalue weighted by Crippen LogP contribution is 2.15. The molecule has 0 aliphatic heterocycles. The Balaban J connectivity index is 2.24. The van der Waals surface area contributed by atoms with Crippen LogP contribution in [-0.4, -0.2) is 21.0 Å². The van der Waals surface area contributed by atoms with E-state index in [0.29, 0.717) is 5.82 Å². The first kappa shape index (κ1) is 12.0. The SMILES string of the molecule is Cc1cc(C)nc(NC(=O)c2ncccc2O)c1. The number of aromatic nitrogens is 2. The maximum Gasteiger partial charge on any atom is 0.279 e. The summed E-state index contributed by atoms with van der Waals surface area (Å²) in [5.41, 5.74) is 1.80. The van der Waals surface area contributed by atoms with Crippen LogP contribution in [0.2, 0.25) is 0 Å². The number of pyridine rings is 2. The molecule has 0 aliphatic rings. The molecular formula is C13H13N3O2. The van der Waals surface area contributed by atoms with Crippen LogP contribution in [0.4, 0.5) is 5.82 Å². The van der Waals surface area contributed by atoms with Gasteiger partial charge in [0.05, 0.1) is 0 Å². The van der Waals surface area contributed by atoms with Crippen molar-refractivity contribution in [2.45, 2.75) is 13.8 Å². The topological polar surface area (TPSA) is 75.1 Å². The van der Waals surface area contributed by atoms with Gasteiger partial charge in [0.15, 0.2) is 5.69 Å². The highest BCUT2D eigenvalue weighted by atomic mass is 16.3. The predicted octanol–water partition coefficient (Wildman–Crippen LogP) is 2.05. The molecule has 5 nitrogen and oxygen atoms in total. The molecule has 0 spiro atoms. The van der Waals surface area contributed by atoms with Gasteiger partial charge in [-0.05, 0) is 43.7 Å². The van der Waals surface area contributed by atoms with E-state index in [9.17, 15) is 9.90 Å². The molecule has 0 atom stereocenters. The molecule has 2 N–H and O–H groups in total. The van der Waals surface area contributed by atoms with E-state index in [0.717, 1.165) is 11.3 Å². The summed E-state index contributed by atoms with van der Waals surface area (Å²) in [7, 11) is 0. The van der Waals surface area contributed by atoms with Crippen LogP contribution >= 0.6 is 0 Å². The van der Waals surface area contributed by atoms with Crippen molar-refractivity contribution < 1.29 is 9.90 Å². The van der Waals surface area contributed by atoms with E-state index < -0.39 is 5.91 Å². The third kappa shape index (κ3) is 2.63. The van der Waals surface area contributed by atoms with Crippen molar-refractivity contribution in [1.29, 1.82) is 0 Å². The Kier molecular flexibility index (Phi) is 3.23. The molecule has 92 valence electrons. The number of aromatic hydroxyl groups is 1. The van der Waals surface area contributed by atoms with Crippen LogP contribution in [0.5, 0.6) is 5.75 Å². The lowest BCUT2D eigenvalue weighted by molar-refractivity contribution is 0.101.